The van der Waals surface area contributed by atoms with Gasteiger partial charge in [-0.2, -0.15) is 0 Å². The number of hydrogen-bond acceptors (Lipinski definition) is 3. The average molecular weight is 267 g/mol. The van der Waals surface area contributed by atoms with Crippen molar-refractivity contribution in [2.45, 2.75) is 45.2 Å². The number of hydrogen-bond donors (Lipinski definition) is 1. The summed E-state index contributed by atoms with van der Waals surface area (Å²) < 4.78 is 0. The summed E-state index contributed by atoms with van der Waals surface area (Å²) in [6, 6.07) is 3.58. The van der Waals surface area contributed by atoms with Gasteiger partial charge in [-0.15, -0.1) is 11.3 Å². The number of likely N-dealkylation sites (tertiary alicyclic amines) is 1. The molecule has 0 spiro atoms. The lowest BCUT2D eigenvalue weighted by molar-refractivity contribution is 0.0515. The number of nitrogens with zero attached hydrogens (tertiary/aromatic N) is 1. The van der Waals surface area contributed by atoms with Crippen LogP contribution in [0.1, 0.15) is 52.5 Å². The highest BCUT2D eigenvalue weighted by Crippen LogP contribution is 2.27. The van der Waals surface area contributed by atoms with Crippen molar-refractivity contribution in [2.75, 3.05) is 0 Å². The van der Waals surface area contributed by atoms with E-state index in [0.29, 0.717) is 4.88 Å². The van der Waals surface area contributed by atoms with Gasteiger partial charge in [-0.3, -0.25) is 4.79 Å². The lowest BCUT2D eigenvalue weighted by Gasteiger charge is -2.38. The highest BCUT2D eigenvalue weighted by atomic mass is 32.1. The Kier molecular flexibility index (Phi) is 3.71. The second kappa shape index (κ2) is 5.10. The maximum Gasteiger partial charge on any atom is 0.345 e. The molecule has 1 amide bonds. The molecule has 0 saturated carbocycles. The van der Waals surface area contributed by atoms with Gasteiger partial charge in [0.1, 0.15) is 4.88 Å². The smallest absolute Gasteiger partial charge is 0.345 e. The first kappa shape index (κ1) is 13.1. The van der Waals surface area contributed by atoms with Crippen LogP contribution in [-0.2, 0) is 0 Å². The third kappa shape index (κ3) is 2.41. The van der Waals surface area contributed by atoms with Gasteiger partial charge in [-0.05, 0) is 45.2 Å². The van der Waals surface area contributed by atoms with Gasteiger partial charge < -0.3 is 10.0 Å². The maximum atomic E-state index is 12.4. The third-order valence-corrected chi connectivity index (χ3v) is 4.52. The lowest BCUT2D eigenvalue weighted by Crippen LogP contribution is -2.47. The molecule has 2 atom stereocenters. The summed E-state index contributed by atoms with van der Waals surface area (Å²) in [6.45, 7) is 4.11. The van der Waals surface area contributed by atoms with Crippen molar-refractivity contribution in [1.82, 2.24) is 4.90 Å². The molecule has 0 aliphatic carbocycles. The number of piperidine rings is 1. The summed E-state index contributed by atoms with van der Waals surface area (Å²) in [4.78, 5) is 25.9. The molecule has 5 heteroatoms. The van der Waals surface area contributed by atoms with Crippen LogP contribution in [0.4, 0.5) is 0 Å². The second-order valence-electron chi connectivity index (χ2n) is 4.81. The maximum absolute atomic E-state index is 12.4. The summed E-state index contributed by atoms with van der Waals surface area (Å²) >= 11 is 1.06. The quantitative estimate of drug-likeness (QED) is 0.896. The van der Waals surface area contributed by atoms with E-state index < -0.39 is 5.97 Å². The first-order chi connectivity index (χ1) is 8.50. The Morgan fingerprint density at radius 1 is 1.22 bits per heavy atom. The van der Waals surface area contributed by atoms with Crippen LogP contribution >= 0.6 is 11.3 Å². The number of amides is 1. The van der Waals surface area contributed by atoms with E-state index >= 15 is 0 Å². The average Bonchev–Trinajstić information content (AvgIpc) is 2.77. The predicted octanol–water partition coefficient (Wildman–Crippen LogP) is 2.85. The minimum Gasteiger partial charge on any atom is -0.477 e. The third-order valence-electron chi connectivity index (χ3n) is 3.46. The van der Waals surface area contributed by atoms with E-state index in [0.717, 1.165) is 30.6 Å². The molecule has 1 aliphatic heterocycles. The Balaban J connectivity index is 2.21. The van der Waals surface area contributed by atoms with E-state index in [1.165, 1.54) is 6.07 Å². The zero-order valence-corrected chi connectivity index (χ0v) is 11.4. The molecule has 1 aromatic heterocycles. The van der Waals surface area contributed by atoms with E-state index in [4.69, 9.17) is 5.11 Å². The van der Waals surface area contributed by atoms with Crippen molar-refractivity contribution in [2.24, 2.45) is 0 Å². The number of rotatable bonds is 2. The molecule has 0 radical (unpaired) electrons. The van der Waals surface area contributed by atoms with Crippen LogP contribution in [0.2, 0.25) is 0 Å². The van der Waals surface area contributed by atoms with Crippen molar-refractivity contribution in [3.8, 4) is 0 Å². The molecule has 1 saturated heterocycles. The van der Waals surface area contributed by atoms with Gasteiger partial charge in [-0.25, -0.2) is 4.79 Å². The van der Waals surface area contributed by atoms with E-state index in [9.17, 15) is 9.59 Å². The van der Waals surface area contributed by atoms with Gasteiger partial charge in [0, 0.05) is 12.1 Å². The topological polar surface area (TPSA) is 57.6 Å². The highest BCUT2D eigenvalue weighted by Gasteiger charge is 2.30. The molecular formula is C13H17NO3S. The first-order valence-electron chi connectivity index (χ1n) is 6.16. The fraction of sp³-hybridized carbons (Fsp3) is 0.538. The standard InChI is InChI=1S/C13H17NO3S/c1-8-4-3-5-9(2)14(8)12(15)10-6-7-11(18-10)13(16)17/h6-9H,3-5H2,1-2H3,(H,16,17)/t8-,9+. The Labute approximate surface area is 110 Å². The summed E-state index contributed by atoms with van der Waals surface area (Å²) in [7, 11) is 0. The molecule has 1 aromatic rings. The number of carboxylic acids is 1. The summed E-state index contributed by atoms with van der Waals surface area (Å²) in [5.74, 6) is -1.01. The summed E-state index contributed by atoms with van der Waals surface area (Å²) in [5, 5.41) is 8.88. The molecule has 2 heterocycles. The minimum atomic E-state index is -0.973. The zero-order chi connectivity index (χ0) is 13.3. The lowest BCUT2D eigenvalue weighted by atomic mass is 9.97. The Hall–Kier alpha value is -1.36. The minimum absolute atomic E-state index is 0.0350. The van der Waals surface area contributed by atoms with Crippen molar-refractivity contribution >= 4 is 23.2 Å². The highest BCUT2D eigenvalue weighted by molar-refractivity contribution is 7.15. The van der Waals surface area contributed by atoms with Crippen LogP contribution in [0.25, 0.3) is 0 Å². The summed E-state index contributed by atoms with van der Waals surface area (Å²) in [5.41, 5.74) is 0. The number of thiophene rings is 1. The molecule has 0 bridgehead atoms. The van der Waals surface area contributed by atoms with Crippen LogP contribution in [-0.4, -0.2) is 34.0 Å². The van der Waals surface area contributed by atoms with Gasteiger partial charge in [0.15, 0.2) is 0 Å². The molecule has 1 aliphatic rings. The molecular weight excluding hydrogens is 250 g/mol. The van der Waals surface area contributed by atoms with Crippen LogP contribution in [0.3, 0.4) is 0 Å². The molecule has 0 unspecified atom stereocenters. The largest absolute Gasteiger partial charge is 0.477 e. The molecule has 18 heavy (non-hydrogen) atoms. The van der Waals surface area contributed by atoms with E-state index in [2.05, 4.69) is 13.8 Å². The second-order valence-corrected chi connectivity index (χ2v) is 5.89. The van der Waals surface area contributed by atoms with Crippen LogP contribution in [0, 0.1) is 0 Å². The number of carbonyl (C=O) groups is 2. The van der Waals surface area contributed by atoms with Crippen LogP contribution in [0.15, 0.2) is 12.1 Å². The van der Waals surface area contributed by atoms with E-state index in [1.807, 2.05) is 4.90 Å². The summed E-state index contributed by atoms with van der Waals surface area (Å²) in [6.07, 6.45) is 3.19. The van der Waals surface area contributed by atoms with Crippen molar-refractivity contribution in [3.05, 3.63) is 21.9 Å². The predicted molar refractivity (Wildman–Crippen MR) is 70.2 cm³/mol. The molecule has 1 N–H and O–H groups in total. The Bertz CT molecular complexity index is 459. The number of aromatic carboxylic acids is 1. The number of carbonyl (C=O) groups excluding carboxylic acids is 1. The molecule has 0 aromatic carbocycles. The fourth-order valence-electron chi connectivity index (χ4n) is 2.52. The monoisotopic (exact) mass is 267 g/mol. The first-order valence-corrected chi connectivity index (χ1v) is 6.98. The Morgan fingerprint density at radius 3 is 2.28 bits per heavy atom. The fourth-order valence-corrected chi connectivity index (χ4v) is 3.31. The van der Waals surface area contributed by atoms with Crippen LogP contribution in [0.5, 0.6) is 0 Å². The SMILES string of the molecule is C[C@@H]1CCC[C@H](C)N1C(=O)c1ccc(C(=O)O)s1. The van der Waals surface area contributed by atoms with Crippen molar-refractivity contribution < 1.29 is 14.7 Å². The Morgan fingerprint density at radius 2 is 1.78 bits per heavy atom. The number of carboxylic acid groups (broad SMARTS) is 1. The van der Waals surface area contributed by atoms with Crippen molar-refractivity contribution in [3.63, 3.8) is 0 Å². The normalized spacial score (nSPS) is 24.0. The van der Waals surface area contributed by atoms with Crippen molar-refractivity contribution in [1.29, 1.82) is 0 Å². The van der Waals surface area contributed by atoms with Gasteiger partial charge >= 0.3 is 5.97 Å². The van der Waals surface area contributed by atoms with Gasteiger partial charge in [0.2, 0.25) is 0 Å². The molecule has 98 valence electrons. The molecule has 4 nitrogen and oxygen atoms in total. The van der Waals surface area contributed by atoms with Gasteiger partial charge in [0.25, 0.3) is 5.91 Å². The molecule has 2 rings (SSSR count). The molecule has 1 fully saturated rings. The van der Waals surface area contributed by atoms with Gasteiger partial charge in [-0.1, -0.05) is 0 Å². The van der Waals surface area contributed by atoms with E-state index in [1.54, 1.807) is 6.07 Å². The van der Waals surface area contributed by atoms with Gasteiger partial charge in [0.05, 0.1) is 4.88 Å². The zero-order valence-electron chi connectivity index (χ0n) is 10.5. The van der Waals surface area contributed by atoms with E-state index in [-0.39, 0.29) is 22.9 Å². The van der Waals surface area contributed by atoms with Crippen LogP contribution < -0.4 is 0 Å².